The van der Waals surface area contributed by atoms with E-state index in [9.17, 15) is 0 Å². The van der Waals surface area contributed by atoms with Gasteiger partial charge in [-0.3, -0.25) is 4.99 Å². The number of allylic oxidation sites excluding steroid dienone is 3. The smallest absolute Gasteiger partial charge is 0.0332 e. The Morgan fingerprint density at radius 3 is 2.82 bits per heavy atom. The lowest BCUT2D eigenvalue weighted by atomic mass is 10.4. The number of aliphatic imine (C=N–C) groups is 1. The molecule has 0 amide bonds. The maximum absolute atomic E-state index is 4.16. The van der Waals surface area contributed by atoms with Crippen LogP contribution in [0.2, 0.25) is 0 Å². The molecule has 0 heterocycles. The Morgan fingerprint density at radius 2 is 2.27 bits per heavy atom. The molecule has 0 aliphatic carbocycles. The predicted molar refractivity (Wildman–Crippen MR) is 50.7 cm³/mol. The Morgan fingerprint density at radius 1 is 1.55 bits per heavy atom. The fraction of sp³-hybridized carbons (Fsp3) is 0.444. The number of hydrogen-bond donors (Lipinski definition) is 1. The van der Waals surface area contributed by atoms with E-state index in [4.69, 9.17) is 0 Å². The predicted octanol–water partition coefficient (Wildman–Crippen LogP) is 2.10. The summed E-state index contributed by atoms with van der Waals surface area (Å²) in [5, 5.41) is 2.88. The fourth-order valence-corrected chi connectivity index (χ4v) is 0.648. The van der Waals surface area contributed by atoms with Crippen LogP contribution in [0.15, 0.2) is 29.0 Å². The van der Waals surface area contributed by atoms with Gasteiger partial charge in [0, 0.05) is 19.0 Å². The van der Waals surface area contributed by atoms with Crippen molar-refractivity contribution in [3.63, 3.8) is 0 Å². The van der Waals surface area contributed by atoms with Crippen molar-refractivity contribution in [1.82, 2.24) is 5.32 Å². The summed E-state index contributed by atoms with van der Waals surface area (Å²) in [5.74, 6) is 0. The molecule has 0 aromatic rings. The average molecular weight is 152 g/mol. The Kier molecular flexibility index (Phi) is 6.39. The summed E-state index contributed by atoms with van der Waals surface area (Å²) in [4.78, 5) is 4.16. The van der Waals surface area contributed by atoms with Crippen LogP contribution in [-0.4, -0.2) is 13.3 Å². The van der Waals surface area contributed by atoms with Crippen LogP contribution >= 0.6 is 0 Å². The zero-order valence-electron chi connectivity index (χ0n) is 7.46. The van der Waals surface area contributed by atoms with Gasteiger partial charge in [-0.1, -0.05) is 13.0 Å². The molecule has 0 fully saturated rings. The molecular weight excluding hydrogens is 136 g/mol. The summed E-state index contributed by atoms with van der Waals surface area (Å²) in [7, 11) is 1.86. The first-order valence-electron chi connectivity index (χ1n) is 3.84. The first-order valence-corrected chi connectivity index (χ1v) is 3.84. The average Bonchev–Trinajstić information content (AvgIpc) is 1.99. The van der Waals surface area contributed by atoms with Crippen molar-refractivity contribution in [3.05, 3.63) is 24.0 Å². The second kappa shape index (κ2) is 7.06. The van der Waals surface area contributed by atoms with E-state index in [-0.39, 0.29) is 0 Å². The molecule has 0 bridgehead atoms. The van der Waals surface area contributed by atoms with Gasteiger partial charge in [-0.15, -0.1) is 0 Å². The van der Waals surface area contributed by atoms with Gasteiger partial charge in [-0.2, -0.15) is 0 Å². The highest BCUT2D eigenvalue weighted by Gasteiger charge is 1.76. The zero-order valence-corrected chi connectivity index (χ0v) is 7.46. The van der Waals surface area contributed by atoms with E-state index in [1.54, 1.807) is 6.21 Å². The van der Waals surface area contributed by atoms with Gasteiger partial charge in [0.15, 0.2) is 0 Å². The van der Waals surface area contributed by atoms with Crippen molar-refractivity contribution in [2.24, 2.45) is 4.99 Å². The van der Waals surface area contributed by atoms with Gasteiger partial charge in [-0.25, -0.2) is 0 Å². The van der Waals surface area contributed by atoms with Crippen LogP contribution < -0.4 is 5.32 Å². The maximum atomic E-state index is 4.16. The van der Waals surface area contributed by atoms with E-state index >= 15 is 0 Å². The molecule has 0 aliphatic rings. The highest BCUT2D eigenvalue weighted by atomic mass is 14.8. The van der Waals surface area contributed by atoms with Crippen LogP contribution in [0.25, 0.3) is 0 Å². The topological polar surface area (TPSA) is 24.4 Å². The van der Waals surface area contributed by atoms with Crippen molar-refractivity contribution in [2.45, 2.75) is 20.3 Å². The molecule has 0 unspecified atom stereocenters. The number of rotatable bonds is 4. The molecule has 0 rings (SSSR count). The van der Waals surface area contributed by atoms with E-state index in [2.05, 4.69) is 23.3 Å². The normalized spacial score (nSPS) is 13.2. The van der Waals surface area contributed by atoms with E-state index in [1.165, 1.54) is 0 Å². The summed E-state index contributed by atoms with van der Waals surface area (Å²) < 4.78 is 0. The lowest BCUT2D eigenvalue weighted by Gasteiger charge is -1.87. The zero-order chi connectivity index (χ0) is 8.53. The molecule has 1 N–H and O–H groups in total. The molecule has 2 heteroatoms. The Bertz CT molecular complexity index is 166. The monoisotopic (exact) mass is 152 g/mol. The summed E-state index contributed by atoms with van der Waals surface area (Å²) in [6, 6.07) is 0. The van der Waals surface area contributed by atoms with Crippen LogP contribution in [0, 0.1) is 0 Å². The number of nitrogens with zero attached hydrogens (tertiary/aromatic N) is 1. The van der Waals surface area contributed by atoms with Crippen molar-refractivity contribution in [2.75, 3.05) is 7.05 Å². The van der Waals surface area contributed by atoms with E-state index in [1.807, 2.05) is 26.2 Å². The first-order chi connectivity index (χ1) is 5.31. The van der Waals surface area contributed by atoms with Crippen LogP contribution in [0.5, 0.6) is 0 Å². The van der Waals surface area contributed by atoms with Crippen molar-refractivity contribution >= 4 is 6.21 Å². The summed E-state index contributed by atoms with van der Waals surface area (Å²) in [6.45, 7) is 4.09. The third kappa shape index (κ3) is 6.84. The van der Waals surface area contributed by atoms with Crippen molar-refractivity contribution in [3.8, 4) is 0 Å². The van der Waals surface area contributed by atoms with Gasteiger partial charge >= 0.3 is 0 Å². The van der Waals surface area contributed by atoms with Crippen molar-refractivity contribution < 1.29 is 0 Å². The maximum Gasteiger partial charge on any atom is 0.0332 e. The van der Waals surface area contributed by atoms with Gasteiger partial charge in [0.1, 0.15) is 0 Å². The summed E-state index contributed by atoms with van der Waals surface area (Å²) in [6.07, 6.45) is 8.61. The van der Waals surface area contributed by atoms with Crippen molar-refractivity contribution in [1.29, 1.82) is 0 Å². The Balaban J connectivity index is 3.73. The molecule has 0 radical (unpaired) electrons. The minimum Gasteiger partial charge on any atom is -0.394 e. The van der Waals surface area contributed by atoms with E-state index < -0.39 is 0 Å². The first kappa shape index (κ1) is 9.95. The molecule has 0 aromatic carbocycles. The minimum absolute atomic E-state index is 1.04. The molecule has 11 heavy (non-hydrogen) atoms. The van der Waals surface area contributed by atoms with E-state index in [0.717, 1.165) is 12.1 Å². The van der Waals surface area contributed by atoms with Crippen LogP contribution in [0.3, 0.4) is 0 Å². The van der Waals surface area contributed by atoms with Gasteiger partial charge < -0.3 is 5.32 Å². The van der Waals surface area contributed by atoms with Crippen LogP contribution in [-0.2, 0) is 0 Å². The Hall–Kier alpha value is -1.05. The minimum atomic E-state index is 1.04. The highest BCUT2D eigenvalue weighted by molar-refractivity contribution is 5.71. The van der Waals surface area contributed by atoms with E-state index in [0.29, 0.717) is 0 Å². The molecule has 0 saturated heterocycles. The number of hydrogen-bond acceptors (Lipinski definition) is 2. The molecule has 0 spiro atoms. The van der Waals surface area contributed by atoms with Crippen LogP contribution in [0.4, 0.5) is 0 Å². The number of nitrogens with one attached hydrogen (secondary N) is 1. The molecule has 2 nitrogen and oxygen atoms in total. The molecule has 0 aliphatic heterocycles. The lowest BCUT2D eigenvalue weighted by Crippen LogP contribution is -1.90. The molecule has 0 aromatic heterocycles. The van der Waals surface area contributed by atoms with Gasteiger partial charge in [0.2, 0.25) is 0 Å². The third-order valence-electron chi connectivity index (χ3n) is 1.13. The molecular formula is C9H16N2. The van der Waals surface area contributed by atoms with Gasteiger partial charge in [0.25, 0.3) is 0 Å². The molecule has 0 atom stereocenters. The SMILES string of the molecule is CC\C=C(C)/N=C\C=C/NC. The molecule has 0 saturated carbocycles. The molecule has 62 valence electrons. The summed E-state index contributed by atoms with van der Waals surface area (Å²) in [5.41, 5.74) is 1.06. The highest BCUT2D eigenvalue weighted by Crippen LogP contribution is 1.94. The second-order valence-corrected chi connectivity index (χ2v) is 2.18. The van der Waals surface area contributed by atoms with Gasteiger partial charge in [-0.05, 0) is 25.6 Å². The fourth-order valence-electron chi connectivity index (χ4n) is 0.648. The second-order valence-electron chi connectivity index (χ2n) is 2.18. The summed E-state index contributed by atoms with van der Waals surface area (Å²) >= 11 is 0. The Labute approximate surface area is 68.7 Å². The van der Waals surface area contributed by atoms with Crippen LogP contribution in [0.1, 0.15) is 20.3 Å². The lowest BCUT2D eigenvalue weighted by molar-refractivity contribution is 1.10. The van der Waals surface area contributed by atoms with Gasteiger partial charge in [0.05, 0.1) is 0 Å². The largest absolute Gasteiger partial charge is 0.394 e. The third-order valence-corrected chi connectivity index (χ3v) is 1.13. The standard InChI is InChI=1S/C9H16N2/c1-4-6-9(2)11-8-5-7-10-3/h5-8,10H,4H2,1-3H3/b7-5-,9-6-,11-8-. The quantitative estimate of drug-likeness (QED) is 0.613.